The largest absolute Gasteiger partial charge is 0.392 e. The molecule has 1 aliphatic heterocycles. The van der Waals surface area contributed by atoms with Crippen LogP contribution >= 0.6 is 24.0 Å². The first-order valence-electron chi connectivity index (χ1n) is 9.97. The summed E-state index contributed by atoms with van der Waals surface area (Å²) >= 11 is 0. The smallest absolute Gasteiger partial charge is 0.194 e. The van der Waals surface area contributed by atoms with Crippen LogP contribution in [0.15, 0.2) is 59.6 Å². The summed E-state index contributed by atoms with van der Waals surface area (Å²) in [6.07, 6.45) is 4.38. The molecular weight excluding hydrogens is 494 g/mol. The molecule has 3 rings (SSSR count). The predicted molar refractivity (Wildman–Crippen MR) is 131 cm³/mol. The minimum absolute atomic E-state index is 0. The van der Waals surface area contributed by atoms with Gasteiger partial charge in [-0.2, -0.15) is 0 Å². The summed E-state index contributed by atoms with van der Waals surface area (Å²) in [7, 11) is 1.78. The maximum Gasteiger partial charge on any atom is 0.194 e. The quantitative estimate of drug-likeness (QED) is 0.346. The van der Waals surface area contributed by atoms with Crippen molar-refractivity contribution in [3.63, 3.8) is 0 Å². The second-order valence-corrected chi connectivity index (χ2v) is 7.09. The first-order valence-corrected chi connectivity index (χ1v) is 9.97. The number of aliphatic hydroxyl groups excluding tert-OH is 1. The number of hydrogen-bond acceptors (Lipinski definition) is 3. The van der Waals surface area contributed by atoms with E-state index in [4.69, 9.17) is 0 Å². The Hall–Kier alpha value is -1.97. The standard InChI is InChI=1S/C23H29FN4O.HI/c1-25-23(26-17-20-9-10-22(24)21(16-20)18-29)28-14-12-27(13-15-28)11-5-8-19-6-3-2-4-7-19;/h2-10,16,29H,11-15,17-18H2,1H3,(H,25,26);1H/b8-5+;. The molecule has 0 bridgehead atoms. The molecule has 0 radical (unpaired) electrons. The van der Waals surface area contributed by atoms with E-state index in [2.05, 4.69) is 44.4 Å². The van der Waals surface area contributed by atoms with Crippen molar-refractivity contribution in [1.29, 1.82) is 0 Å². The van der Waals surface area contributed by atoms with Gasteiger partial charge in [-0.15, -0.1) is 24.0 Å². The summed E-state index contributed by atoms with van der Waals surface area (Å²) in [6, 6.07) is 15.1. The van der Waals surface area contributed by atoms with E-state index in [9.17, 15) is 9.50 Å². The maximum absolute atomic E-state index is 13.5. The third-order valence-corrected chi connectivity index (χ3v) is 5.09. The lowest BCUT2D eigenvalue weighted by molar-refractivity contribution is 0.194. The molecule has 1 saturated heterocycles. The molecule has 0 unspecified atom stereocenters. The van der Waals surface area contributed by atoms with Crippen LogP contribution in [0, 0.1) is 5.82 Å². The van der Waals surface area contributed by atoms with Gasteiger partial charge < -0.3 is 15.3 Å². The van der Waals surface area contributed by atoms with E-state index in [0.29, 0.717) is 12.1 Å². The lowest BCUT2D eigenvalue weighted by atomic mass is 10.1. The molecule has 0 amide bonds. The zero-order chi connectivity index (χ0) is 20.5. The minimum atomic E-state index is -0.377. The van der Waals surface area contributed by atoms with Crippen molar-refractivity contribution < 1.29 is 9.50 Å². The summed E-state index contributed by atoms with van der Waals surface area (Å²) in [5, 5.41) is 12.6. The Morgan fingerprint density at radius 3 is 2.53 bits per heavy atom. The molecule has 0 aliphatic carbocycles. The van der Waals surface area contributed by atoms with Crippen LogP contribution < -0.4 is 5.32 Å². The second kappa shape index (κ2) is 12.7. The lowest BCUT2D eigenvalue weighted by Gasteiger charge is -2.36. The number of aliphatic hydroxyl groups is 1. The molecule has 7 heteroatoms. The lowest BCUT2D eigenvalue weighted by Crippen LogP contribution is -2.52. The Labute approximate surface area is 195 Å². The third-order valence-electron chi connectivity index (χ3n) is 5.09. The highest BCUT2D eigenvalue weighted by Crippen LogP contribution is 2.11. The summed E-state index contributed by atoms with van der Waals surface area (Å²) in [5.74, 6) is 0.470. The van der Waals surface area contributed by atoms with Crippen LogP contribution in [0.25, 0.3) is 6.08 Å². The SMILES string of the molecule is CN=C(NCc1ccc(F)c(CO)c1)N1CCN(C/C=C/c2ccccc2)CC1.I. The van der Waals surface area contributed by atoms with E-state index >= 15 is 0 Å². The van der Waals surface area contributed by atoms with Gasteiger partial charge in [0.15, 0.2) is 5.96 Å². The second-order valence-electron chi connectivity index (χ2n) is 7.09. The Morgan fingerprint density at radius 1 is 1.13 bits per heavy atom. The normalized spacial score (nSPS) is 15.3. The van der Waals surface area contributed by atoms with Crippen molar-refractivity contribution in [2.24, 2.45) is 4.99 Å². The number of guanidine groups is 1. The zero-order valence-electron chi connectivity index (χ0n) is 17.3. The summed E-state index contributed by atoms with van der Waals surface area (Å²) < 4.78 is 13.5. The van der Waals surface area contributed by atoms with E-state index in [1.54, 1.807) is 19.2 Å². The Morgan fingerprint density at radius 2 is 1.87 bits per heavy atom. The highest BCUT2D eigenvalue weighted by atomic mass is 127. The summed E-state index contributed by atoms with van der Waals surface area (Å²) in [5.41, 5.74) is 2.46. The van der Waals surface area contributed by atoms with Crippen LogP contribution in [0.2, 0.25) is 0 Å². The Bertz CT molecular complexity index is 836. The summed E-state index contributed by atoms with van der Waals surface area (Å²) in [4.78, 5) is 9.06. The molecule has 30 heavy (non-hydrogen) atoms. The van der Waals surface area contributed by atoms with E-state index in [1.807, 2.05) is 18.2 Å². The first-order chi connectivity index (χ1) is 14.2. The van der Waals surface area contributed by atoms with Crippen molar-refractivity contribution in [1.82, 2.24) is 15.1 Å². The monoisotopic (exact) mass is 524 g/mol. The molecular formula is C23H30FIN4O. The zero-order valence-corrected chi connectivity index (χ0v) is 19.6. The number of nitrogens with one attached hydrogen (secondary N) is 1. The van der Waals surface area contributed by atoms with Gasteiger partial charge in [0.1, 0.15) is 5.82 Å². The highest BCUT2D eigenvalue weighted by Gasteiger charge is 2.18. The highest BCUT2D eigenvalue weighted by molar-refractivity contribution is 14.0. The van der Waals surface area contributed by atoms with Gasteiger partial charge in [0.25, 0.3) is 0 Å². The molecule has 0 atom stereocenters. The van der Waals surface area contributed by atoms with Crippen molar-refractivity contribution in [2.45, 2.75) is 13.2 Å². The van der Waals surface area contributed by atoms with Crippen LogP contribution in [-0.4, -0.2) is 60.6 Å². The Kier molecular flexibility index (Phi) is 10.3. The average Bonchev–Trinajstić information content (AvgIpc) is 2.77. The van der Waals surface area contributed by atoms with Crippen molar-refractivity contribution in [3.8, 4) is 0 Å². The number of hydrogen-bond donors (Lipinski definition) is 2. The molecule has 2 aromatic rings. The fourth-order valence-corrected chi connectivity index (χ4v) is 3.42. The Balaban J connectivity index is 0.00000320. The number of nitrogens with zero attached hydrogens (tertiary/aromatic N) is 3. The molecule has 2 N–H and O–H groups in total. The molecule has 1 fully saturated rings. The van der Waals surface area contributed by atoms with Gasteiger partial charge in [0.2, 0.25) is 0 Å². The topological polar surface area (TPSA) is 51.1 Å². The van der Waals surface area contributed by atoms with Crippen molar-refractivity contribution in [3.05, 3.63) is 77.1 Å². The van der Waals surface area contributed by atoms with Gasteiger partial charge in [-0.05, 0) is 23.3 Å². The molecule has 2 aromatic carbocycles. The van der Waals surface area contributed by atoms with Gasteiger partial charge in [0.05, 0.1) is 6.61 Å². The average molecular weight is 524 g/mol. The van der Waals surface area contributed by atoms with E-state index in [1.165, 1.54) is 11.6 Å². The molecule has 0 spiro atoms. The predicted octanol–water partition coefficient (Wildman–Crippen LogP) is 3.34. The molecule has 1 heterocycles. The minimum Gasteiger partial charge on any atom is -0.392 e. The van der Waals surface area contributed by atoms with Crippen LogP contribution in [0.1, 0.15) is 16.7 Å². The number of benzene rings is 2. The fourth-order valence-electron chi connectivity index (χ4n) is 3.42. The van der Waals surface area contributed by atoms with Crippen LogP contribution in [0.4, 0.5) is 4.39 Å². The van der Waals surface area contributed by atoms with Gasteiger partial charge in [-0.25, -0.2) is 4.39 Å². The van der Waals surface area contributed by atoms with E-state index in [-0.39, 0.29) is 36.4 Å². The molecule has 1 aliphatic rings. The van der Waals surface area contributed by atoms with Crippen LogP contribution in [0.3, 0.4) is 0 Å². The van der Waals surface area contributed by atoms with Gasteiger partial charge >= 0.3 is 0 Å². The molecule has 0 saturated carbocycles. The van der Waals surface area contributed by atoms with E-state index in [0.717, 1.165) is 44.2 Å². The van der Waals surface area contributed by atoms with Crippen LogP contribution in [-0.2, 0) is 13.2 Å². The molecule has 5 nitrogen and oxygen atoms in total. The number of aliphatic imine (C=N–C) groups is 1. The van der Waals surface area contributed by atoms with E-state index < -0.39 is 0 Å². The number of piperazine rings is 1. The van der Waals surface area contributed by atoms with Gasteiger partial charge in [-0.1, -0.05) is 48.6 Å². The number of rotatable bonds is 6. The first kappa shape index (κ1) is 24.3. The fraction of sp³-hybridized carbons (Fsp3) is 0.348. The van der Waals surface area contributed by atoms with Crippen molar-refractivity contribution >= 4 is 36.0 Å². The number of halogens is 2. The third kappa shape index (κ3) is 7.07. The summed E-state index contributed by atoms with van der Waals surface area (Å²) in [6.45, 7) is 4.95. The van der Waals surface area contributed by atoms with Crippen LogP contribution in [0.5, 0.6) is 0 Å². The molecule has 0 aromatic heterocycles. The maximum atomic E-state index is 13.5. The van der Waals surface area contributed by atoms with Gasteiger partial charge in [-0.3, -0.25) is 9.89 Å². The van der Waals surface area contributed by atoms with Crippen molar-refractivity contribution in [2.75, 3.05) is 39.8 Å². The van der Waals surface area contributed by atoms with Gasteiger partial charge in [0, 0.05) is 51.9 Å². The molecule has 162 valence electrons.